The summed E-state index contributed by atoms with van der Waals surface area (Å²) >= 11 is 6.36. The van der Waals surface area contributed by atoms with Crippen molar-refractivity contribution in [2.75, 3.05) is 4.90 Å². The van der Waals surface area contributed by atoms with E-state index < -0.39 is 12.7 Å². The number of rotatable bonds is 7. The molecule has 5 aromatic carbocycles. The zero-order valence-corrected chi connectivity index (χ0v) is 21.6. The molecule has 5 aromatic rings. The molecule has 3 nitrogen and oxygen atoms in total. The smallest absolute Gasteiger partial charge is 0.387 e. The molecule has 0 spiro atoms. The quantitative estimate of drug-likeness (QED) is 0.205. The van der Waals surface area contributed by atoms with Gasteiger partial charge in [-0.15, -0.1) is 0 Å². The highest BCUT2D eigenvalue weighted by Gasteiger charge is 2.31. The molecule has 1 atom stereocenters. The molecule has 0 aromatic heterocycles. The van der Waals surface area contributed by atoms with Crippen LogP contribution in [0.25, 0.3) is 11.1 Å². The van der Waals surface area contributed by atoms with Gasteiger partial charge in [-0.1, -0.05) is 84.4 Å². The van der Waals surface area contributed by atoms with E-state index in [0.717, 1.165) is 33.6 Å². The van der Waals surface area contributed by atoms with Crippen LogP contribution in [0.1, 0.15) is 22.8 Å². The van der Waals surface area contributed by atoms with Crippen LogP contribution in [0.4, 0.5) is 20.2 Å². The van der Waals surface area contributed by atoms with Crippen molar-refractivity contribution in [2.24, 2.45) is 0 Å². The van der Waals surface area contributed by atoms with Gasteiger partial charge in [-0.25, -0.2) is 0 Å². The molecule has 194 valence electrons. The second-order valence-electron chi connectivity index (χ2n) is 9.24. The van der Waals surface area contributed by atoms with Gasteiger partial charge in [0.1, 0.15) is 17.6 Å². The Kier molecular flexibility index (Phi) is 6.91. The van der Waals surface area contributed by atoms with Crippen LogP contribution in [0.15, 0.2) is 121 Å². The van der Waals surface area contributed by atoms with Crippen molar-refractivity contribution >= 4 is 23.0 Å². The van der Waals surface area contributed by atoms with Gasteiger partial charge in [0.15, 0.2) is 0 Å². The lowest BCUT2D eigenvalue weighted by molar-refractivity contribution is -0.0496. The van der Waals surface area contributed by atoms with E-state index in [-0.39, 0.29) is 5.75 Å². The fraction of sp³-hybridized carbons (Fsp3) is 0.0909. The molecule has 0 saturated heterocycles. The molecule has 0 amide bonds. The minimum absolute atomic E-state index is 0.0743. The topological polar surface area (TPSA) is 21.7 Å². The Hall–Kier alpha value is -4.35. The SMILES string of the molecule is FC(F)Oc1cccc2c1-c1ccc(N(Cc3ccccc3)c3ccccc3)cc1C(c1cccc(Cl)c1)O2. The summed E-state index contributed by atoms with van der Waals surface area (Å²) in [5, 5.41) is 0.587. The second-order valence-corrected chi connectivity index (χ2v) is 9.68. The maximum absolute atomic E-state index is 13.3. The monoisotopic (exact) mass is 539 g/mol. The van der Waals surface area contributed by atoms with Gasteiger partial charge in [-0.2, -0.15) is 8.78 Å². The van der Waals surface area contributed by atoms with E-state index in [1.54, 1.807) is 12.1 Å². The van der Waals surface area contributed by atoms with Gasteiger partial charge >= 0.3 is 6.61 Å². The van der Waals surface area contributed by atoms with E-state index in [2.05, 4.69) is 35.2 Å². The number of para-hydroxylation sites is 1. The van der Waals surface area contributed by atoms with Crippen LogP contribution in [0.2, 0.25) is 5.02 Å². The average molecular weight is 540 g/mol. The maximum Gasteiger partial charge on any atom is 0.387 e. The lowest BCUT2D eigenvalue weighted by Gasteiger charge is -2.32. The van der Waals surface area contributed by atoms with Crippen LogP contribution in [0, 0.1) is 0 Å². The molecule has 0 saturated carbocycles. The maximum atomic E-state index is 13.3. The number of benzene rings is 5. The highest BCUT2D eigenvalue weighted by molar-refractivity contribution is 6.30. The Morgan fingerprint density at radius 1 is 0.769 bits per heavy atom. The van der Waals surface area contributed by atoms with E-state index in [9.17, 15) is 8.78 Å². The molecule has 1 aliphatic rings. The third-order valence-corrected chi connectivity index (χ3v) is 6.99. The van der Waals surface area contributed by atoms with Crippen molar-refractivity contribution in [3.63, 3.8) is 0 Å². The number of halogens is 3. The van der Waals surface area contributed by atoms with Crippen molar-refractivity contribution in [2.45, 2.75) is 19.3 Å². The number of fused-ring (bicyclic) bond motifs is 3. The lowest BCUT2D eigenvalue weighted by Crippen LogP contribution is -2.20. The summed E-state index contributed by atoms with van der Waals surface area (Å²) in [6.45, 7) is -2.31. The zero-order chi connectivity index (χ0) is 26.8. The first-order valence-electron chi connectivity index (χ1n) is 12.6. The summed E-state index contributed by atoms with van der Waals surface area (Å²) in [5.41, 5.74) is 6.10. The van der Waals surface area contributed by atoms with Crippen LogP contribution in [0.5, 0.6) is 11.5 Å². The average Bonchev–Trinajstić information content (AvgIpc) is 2.96. The minimum Gasteiger partial charge on any atom is -0.480 e. The van der Waals surface area contributed by atoms with Crippen molar-refractivity contribution in [3.8, 4) is 22.6 Å². The van der Waals surface area contributed by atoms with Crippen LogP contribution in [-0.2, 0) is 6.54 Å². The van der Waals surface area contributed by atoms with Gasteiger partial charge in [0.05, 0.1) is 5.56 Å². The van der Waals surface area contributed by atoms with Crippen LogP contribution in [-0.4, -0.2) is 6.61 Å². The van der Waals surface area contributed by atoms with E-state index in [0.29, 0.717) is 22.9 Å². The Morgan fingerprint density at radius 3 is 2.26 bits per heavy atom. The molecule has 39 heavy (non-hydrogen) atoms. The fourth-order valence-electron chi connectivity index (χ4n) is 5.04. The number of anilines is 2. The molecule has 1 unspecified atom stereocenters. The summed E-state index contributed by atoms with van der Waals surface area (Å²) < 4.78 is 38.1. The number of alkyl halides is 2. The van der Waals surface area contributed by atoms with Crippen LogP contribution < -0.4 is 14.4 Å². The van der Waals surface area contributed by atoms with E-state index in [4.69, 9.17) is 21.1 Å². The molecular weight excluding hydrogens is 516 g/mol. The van der Waals surface area contributed by atoms with E-state index in [1.807, 2.05) is 72.8 Å². The molecule has 0 bridgehead atoms. The first-order valence-corrected chi connectivity index (χ1v) is 13.0. The van der Waals surface area contributed by atoms with Crippen LogP contribution in [0.3, 0.4) is 0 Å². The molecule has 1 aliphatic heterocycles. The van der Waals surface area contributed by atoms with Crippen molar-refractivity contribution in [1.29, 1.82) is 0 Å². The number of nitrogens with zero attached hydrogens (tertiary/aromatic N) is 1. The Bertz CT molecular complexity index is 1590. The molecule has 0 aliphatic carbocycles. The minimum atomic E-state index is -2.95. The second kappa shape index (κ2) is 10.8. The molecule has 6 rings (SSSR count). The van der Waals surface area contributed by atoms with E-state index in [1.165, 1.54) is 6.07 Å². The molecular formula is C33H24ClF2NO2. The number of hydrogen-bond donors (Lipinski definition) is 0. The predicted molar refractivity (Wildman–Crippen MR) is 151 cm³/mol. The van der Waals surface area contributed by atoms with Crippen LogP contribution >= 0.6 is 11.6 Å². The molecule has 6 heteroatoms. The fourth-order valence-corrected chi connectivity index (χ4v) is 5.24. The summed E-state index contributed by atoms with van der Waals surface area (Å²) in [7, 11) is 0. The molecule has 0 fully saturated rings. The third kappa shape index (κ3) is 5.18. The summed E-state index contributed by atoms with van der Waals surface area (Å²) in [6.07, 6.45) is -0.498. The molecule has 0 radical (unpaired) electrons. The Morgan fingerprint density at radius 2 is 1.51 bits per heavy atom. The largest absolute Gasteiger partial charge is 0.480 e. The highest BCUT2D eigenvalue weighted by atomic mass is 35.5. The van der Waals surface area contributed by atoms with Gasteiger partial charge in [-0.3, -0.25) is 0 Å². The normalized spacial score (nSPS) is 13.8. The van der Waals surface area contributed by atoms with Gasteiger partial charge in [0.2, 0.25) is 0 Å². The Balaban J connectivity index is 1.53. The zero-order valence-electron chi connectivity index (χ0n) is 20.8. The van der Waals surface area contributed by atoms with E-state index >= 15 is 0 Å². The summed E-state index contributed by atoms with van der Waals surface area (Å²) in [5.74, 6) is 0.549. The molecule has 1 heterocycles. The molecule has 0 N–H and O–H groups in total. The Labute approximate surface area is 230 Å². The first kappa shape index (κ1) is 25.0. The van der Waals surface area contributed by atoms with Gasteiger partial charge in [0.25, 0.3) is 0 Å². The summed E-state index contributed by atoms with van der Waals surface area (Å²) in [6, 6.07) is 38.9. The van der Waals surface area contributed by atoms with Gasteiger partial charge < -0.3 is 14.4 Å². The number of ether oxygens (including phenoxy) is 2. The highest BCUT2D eigenvalue weighted by Crippen LogP contribution is 2.50. The van der Waals surface area contributed by atoms with Gasteiger partial charge in [-0.05, 0) is 65.2 Å². The van der Waals surface area contributed by atoms with Gasteiger partial charge in [0, 0.05) is 28.5 Å². The third-order valence-electron chi connectivity index (χ3n) is 6.75. The number of hydrogen-bond acceptors (Lipinski definition) is 3. The lowest BCUT2D eigenvalue weighted by atomic mass is 9.88. The standard InChI is InChI=1S/C33H24ClF2NO2/c34-24-12-7-11-23(19-24)32-28-20-26(37(25-13-5-2-6-14-25)21-22-9-3-1-4-10-22)17-18-27(28)31-29(38-32)15-8-16-30(31)39-33(35)36/h1-20,32-33H,21H2. The van der Waals surface area contributed by atoms with Crippen molar-refractivity contribution in [1.82, 2.24) is 0 Å². The summed E-state index contributed by atoms with van der Waals surface area (Å²) in [4.78, 5) is 2.22. The van der Waals surface area contributed by atoms with Crippen molar-refractivity contribution in [3.05, 3.63) is 143 Å². The predicted octanol–water partition coefficient (Wildman–Crippen LogP) is 9.43. The van der Waals surface area contributed by atoms with Crippen molar-refractivity contribution < 1.29 is 18.3 Å². The first-order chi connectivity index (χ1) is 19.1.